The average molecular weight is 469 g/mol. The molecule has 2 fully saturated rings. The highest BCUT2D eigenvalue weighted by Crippen LogP contribution is 2.62. The van der Waals surface area contributed by atoms with Gasteiger partial charge in [-0.15, -0.1) is 0 Å². The molecule has 2 saturated carbocycles. The Morgan fingerprint density at radius 2 is 1.76 bits per heavy atom. The number of fused-ring (bicyclic) bond motifs is 2. The summed E-state index contributed by atoms with van der Waals surface area (Å²) in [6.45, 7) is 8.74. The lowest BCUT2D eigenvalue weighted by Crippen LogP contribution is -2.57. The molecule has 0 aromatic heterocycles. The number of nitrogens with one attached hydrogen (secondary N) is 2. The van der Waals surface area contributed by atoms with E-state index >= 15 is 0 Å². The summed E-state index contributed by atoms with van der Waals surface area (Å²) in [5.74, 6) is 0.206. The van der Waals surface area contributed by atoms with Gasteiger partial charge in [0.1, 0.15) is 6.04 Å². The van der Waals surface area contributed by atoms with Gasteiger partial charge in [-0.3, -0.25) is 4.79 Å². The summed E-state index contributed by atoms with van der Waals surface area (Å²) in [5, 5.41) is 3.30. The quantitative estimate of drug-likeness (QED) is 0.605. The van der Waals surface area contributed by atoms with Crippen molar-refractivity contribution in [3.63, 3.8) is 0 Å². The number of aryl methyl sites for hydroxylation is 1. The fraction of sp³-hybridized carbons (Fsp3) is 0.519. The minimum atomic E-state index is -3.71. The van der Waals surface area contributed by atoms with Crippen LogP contribution >= 0.6 is 0 Å². The third kappa shape index (κ3) is 5.17. The zero-order chi connectivity index (χ0) is 23.9. The van der Waals surface area contributed by atoms with Crippen molar-refractivity contribution in [2.75, 3.05) is 0 Å². The van der Waals surface area contributed by atoms with E-state index in [9.17, 15) is 13.2 Å². The molecule has 2 aliphatic carbocycles. The molecule has 6 heteroatoms. The monoisotopic (exact) mass is 468 g/mol. The minimum Gasteiger partial charge on any atom is -0.351 e. The maximum atomic E-state index is 13.6. The van der Waals surface area contributed by atoms with Gasteiger partial charge in [-0.05, 0) is 60.5 Å². The summed E-state index contributed by atoms with van der Waals surface area (Å²) in [5.41, 5.74) is 2.79. The van der Waals surface area contributed by atoms with Crippen molar-refractivity contribution >= 4 is 15.9 Å². The Hall–Kier alpha value is -2.18. The van der Waals surface area contributed by atoms with E-state index in [1.54, 1.807) is 12.1 Å². The number of amides is 1. The van der Waals surface area contributed by atoms with Gasteiger partial charge in [-0.25, -0.2) is 13.1 Å². The fourth-order valence-electron chi connectivity index (χ4n) is 6.22. The van der Waals surface area contributed by atoms with E-state index in [1.807, 2.05) is 49.4 Å². The first-order chi connectivity index (χ1) is 15.5. The predicted molar refractivity (Wildman–Crippen MR) is 132 cm³/mol. The molecule has 1 amide bonds. The van der Waals surface area contributed by atoms with E-state index in [0.29, 0.717) is 17.9 Å². The molecule has 2 aromatic rings. The van der Waals surface area contributed by atoms with Crippen molar-refractivity contribution in [2.24, 2.45) is 16.7 Å². The first kappa shape index (κ1) is 24.0. The molecule has 0 radical (unpaired) electrons. The molecule has 0 heterocycles. The van der Waals surface area contributed by atoms with Gasteiger partial charge < -0.3 is 5.32 Å². The van der Waals surface area contributed by atoms with Crippen LogP contribution < -0.4 is 10.0 Å². The van der Waals surface area contributed by atoms with Crippen LogP contribution in [-0.4, -0.2) is 26.4 Å². The van der Waals surface area contributed by atoms with Crippen LogP contribution in [0.5, 0.6) is 0 Å². The van der Waals surface area contributed by atoms with Crippen LogP contribution in [0, 0.1) is 23.7 Å². The summed E-state index contributed by atoms with van der Waals surface area (Å²) in [7, 11) is -3.71. The molecule has 0 saturated heterocycles. The summed E-state index contributed by atoms with van der Waals surface area (Å²) in [6, 6.07) is 16.1. The molecule has 2 N–H and O–H groups in total. The maximum absolute atomic E-state index is 13.6. The first-order valence-corrected chi connectivity index (χ1v) is 13.5. The second-order valence-corrected chi connectivity index (χ2v) is 12.7. The fourth-order valence-corrected chi connectivity index (χ4v) is 7.56. The third-order valence-corrected chi connectivity index (χ3v) is 9.27. The molecule has 5 nitrogen and oxygen atoms in total. The predicted octanol–water partition coefficient (Wildman–Crippen LogP) is 4.36. The molecular weight excluding hydrogens is 432 g/mol. The number of carbonyl (C=O) groups excluding carboxylic acids is 1. The molecule has 178 valence electrons. The Labute approximate surface area is 198 Å². The lowest BCUT2D eigenvalue weighted by atomic mass is 9.68. The molecule has 2 aliphatic rings. The van der Waals surface area contributed by atoms with E-state index in [0.717, 1.165) is 24.0 Å². The van der Waals surface area contributed by atoms with Crippen molar-refractivity contribution in [2.45, 2.75) is 71.2 Å². The van der Waals surface area contributed by atoms with Crippen molar-refractivity contribution in [1.29, 1.82) is 0 Å². The molecule has 4 rings (SSSR count). The Balaban J connectivity index is 1.56. The zero-order valence-electron chi connectivity index (χ0n) is 20.1. The van der Waals surface area contributed by atoms with Crippen molar-refractivity contribution in [1.82, 2.24) is 10.0 Å². The number of sulfonamides is 1. The Morgan fingerprint density at radius 3 is 2.39 bits per heavy atom. The topological polar surface area (TPSA) is 75.3 Å². The number of benzene rings is 2. The van der Waals surface area contributed by atoms with Crippen LogP contribution in [0.2, 0.25) is 0 Å². The smallest absolute Gasteiger partial charge is 0.238 e. The highest BCUT2D eigenvalue weighted by Gasteiger charge is 2.59. The molecule has 0 aliphatic heterocycles. The zero-order valence-corrected chi connectivity index (χ0v) is 20.9. The Kier molecular flexibility index (Phi) is 6.45. The summed E-state index contributed by atoms with van der Waals surface area (Å²) in [6.07, 6.45) is 3.74. The maximum Gasteiger partial charge on any atom is 0.238 e. The average Bonchev–Trinajstić information content (AvgIpc) is 3.22. The Morgan fingerprint density at radius 1 is 1.06 bits per heavy atom. The third-order valence-electron chi connectivity index (χ3n) is 7.92. The molecular formula is C27H36N2O3S. The van der Waals surface area contributed by atoms with E-state index in [4.69, 9.17) is 0 Å². The van der Waals surface area contributed by atoms with Gasteiger partial charge in [0.15, 0.2) is 0 Å². The van der Waals surface area contributed by atoms with E-state index in [1.165, 1.54) is 6.42 Å². The van der Waals surface area contributed by atoms with Crippen LogP contribution in [0.25, 0.3) is 0 Å². The largest absolute Gasteiger partial charge is 0.351 e. The van der Waals surface area contributed by atoms with Crippen LogP contribution in [0.3, 0.4) is 0 Å². The number of rotatable bonds is 8. The second-order valence-electron chi connectivity index (χ2n) is 11.0. The molecule has 4 atom stereocenters. The summed E-state index contributed by atoms with van der Waals surface area (Å²) >= 11 is 0. The van der Waals surface area contributed by atoms with E-state index in [2.05, 4.69) is 30.8 Å². The van der Waals surface area contributed by atoms with Crippen LogP contribution in [0.15, 0.2) is 54.6 Å². The summed E-state index contributed by atoms with van der Waals surface area (Å²) in [4.78, 5) is 13.6. The molecule has 3 unspecified atom stereocenters. The lowest BCUT2D eigenvalue weighted by Gasteiger charge is -2.43. The molecule has 0 spiro atoms. The number of hydrogen-bond acceptors (Lipinski definition) is 3. The van der Waals surface area contributed by atoms with Gasteiger partial charge >= 0.3 is 0 Å². The van der Waals surface area contributed by atoms with Crippen LogP contribution in [-0.2, 0) is 27.0 Å². The lowest BCUT2D eigenvalue weighted by molar-refractivity contribution is -0.125. The normalized spacial score (nSPS) is 26.8. The van der Waals surface area contributed by atoms with E-state index < -0.39 is 16.1 Å². The molecule has 2 bridgehead atoms. The van der Waals surface area contributed by atoms with Crippen LogP contribution in [0.1, 0.15) is 56.7 Å². The minimum absolute atomic E-state index is 0.000537. The van der Waals surface area contributed by atoms with Gasteiger partial charge in [0.25, 0.3) is 0 Å². The second kappa shape index (κ2) is 8.88. The van der Waals surface area contributed by atoms with Crippen molar-refractivity contribution in [3.05, 3.63) is 71.3 Å². The summed E-state index contributed by atoms with van der Waals surface area (Å²) < 4.78 is 28.8. The van der Waals surface area contributed by atoms with Crippen LogP contribution in [0.4, 0.5) is 0 Å². The Bertz CT molecular complexity index is 1110. The molecule has 2 aromatic carbocycles. The van der Waals surface area contributed by atoms with Gasteiger partial charge in [0, 0.05) is 6.04 Å². The number of hydrogen-bond donors (Lipinski definition) is 2. The van der Waals surface area contributed by atoms with Gasteiger partial charge in [-0.1, -0.05) is 80.9 Å². The number of carbonyl (C=O) groups is 1. The first-order valence-electron chi connectivity index (χ1n) is 11.9. The van der Waals surface area contributed by atoms with Gasteiger partial charge in [-0.2, -0.15) is 0 Å². The van der Waals surface area contributed by atoms with Crippen molar-refractivity contribution < 1.29 is 13.2 Å². The standard InChI is InChI=1S/C27H36N2O3S/c1-19-9-8-12-21(15-19)16-23(29-33(31,32)18-20-10-6-5-7-11-20)24(30)28-25-26(2,3)22-13-14-27(25,4)17-22/h5-12,15,22-23,25,29H,13-14,16-18H2,1-4H3,(H,28,30)/t22?,23-,25?,27?/m0/s1. The van der Waals surface area contributed by atoms with Gasteiger partial charge in [0.2, 0.25) is 15.9 Å². The highest BCUT2D eigenvalue weighted by molar-refractivity contribution is 7.88. The van der Waals surface area contributed by atoms with E-state index in [-0.39, 0.29) is 28.5 Å². The highest BCUT2D eigenvalue weighted by atomic mass is 32.2. The van der Waals surface area contributed by atoms with Gasteiger partial charge in [0.05, 0.1) is 5.75 Å². The molecule has 33 heavy (non-hydrogen) atoms. The van der Waals surface area contributed by atoms with Crippen molar-refractivity contribution in [3.8, 4) is 0 Å². The SMILES string of the molecule is Cc1cccc(C[C@H](NS(=O)(=O)Cc2ccccc2)C(=O)NC2C3(C)CCC(C3)C2(C)C)c1.